The van der Waals surface area contributed by atoms with Crippen LogP contribution in [0.15, 0.2) is 12.1 Å². The number of hydrogen-bond donors (Lipinski definition) is 2. The van der Waals surface area contributed by atoms with E-state index >= 15 is 0 Å². The van der Waals surface area contributed by atoms with Crippen molar-refractivity contribution in [2.24, 2.45) is 5.73 Å². The molecule has 2 rings (SSSR count). The summed E-state index contributed by atoms with van der Waals surface area (Å²) in [6, 6.07) is 2.18. The number of rotatable bonds is 1. The number of carbonyl (C=O) groups is 1. The van der Waals surface area contributed by atoms with E-state index in [1.165, 1.54) is 6.07 Å². The second kappa shape index (κ2) is 2.95. The van der Waals surface area contributed by atoms with Gasteiger partial charge in [0.25, 0.3) is 0 Å². The minimum atomic E-state index is -1.34. The molecule has 1 unspecified atom stereocenters. The van der Waals surface area contributed by atoms with Gasteiger partial charge < -0.3 is 15.6 Å². The van der Waals surface area contributed by atoms with Crippen molar-refractivity contribution in [2.75, 3.05) is 6.61 Å². The smallest absolute Gasteiger partial charge is 0.342 e. The van der Waals surface area contributed by atoms with E-state index in [0.29, 0.717) is 5.56 Å². The maximum Gasteiger partial charge on any atom is 0.342 e. The van der Waals surface area contributed by atoms with Crippen LogP contribution in [0.3, 0.4) is 0 Å². The Morgan fingerprint density at radius 3 is 3.00 bits per heavy atom. The number of carboxylic acids is 1. The summed E-state index contributed by atoms with van der Waals surface area (Å²) >= 11 is 0. The maximum atomic E-state index is 13.1. The quantitative estimate of drug-likeness (QED) is 0.702. The molecule has 5 heteroatoms. The van der Waals surface area contributed by atoms with Crippen LogP contribution < -0.4 is 10.5 Å². The van der Waals surface area contributed by atoms with Gasteiger partial charge in [0.05, 0.1) is 6.04 Å². The molecule has 0 amide bonds. The highest BCUT2D eigenvalue weighted by molar-refractivity contribution is 5.92. The Balaban J connectivity index is 2.65. The second-order valence-corrected chi connectivity index (χ2v) is 3.06. The molecular weight excluding hydrogens is 189 g/mol. The van der Waals surface area contributed by atoms with Gasteiger partial charge in [-0.05, 0) is 6.07 Å². The highest BCUT2D eigenvalue weighted by Gasteiger charge is 2.28. The highest BCUT2D eigenvalue weighted by Crippen LogP contribution is 2.35. The van der Waals surface area contributed by atoms with E-state index in [9.17, 15) is 9.18 Å². The molecular formula is C9H8FNO3. The van der Waals surface area contributed by atoms with Crippen LogP contribution >= 0.6 is 0 Å². The van der Waals surface area contributed by atoms with Crippen molar-refractivity contribution in [2.45, 2.75) is 6.04 Å². The van der Waals surface area contributed by atoms with Gasteiger partial charge in [-0.25, -0.2) is 9.18 Å². The van der Waals surface area contributed by atoms with Crippen molar-refractivity contribution in [3.8, 4) is 5.75 Å². The van der Waals surface area contributed by atoms with E-state index < -0.39 is 17.3 Å². The third kappa shape index (κ3) is 1.13. The lowest BCUT2D eigenvalue weighted by atomic mass is 10.1. The first-order chi connectivity index (χ1) is 6.61. The molecule has 0 aliphatic carbocycles. The van der Waals surface area contributed by atoms with Crippen molar-refractivity contribution >= 4 is 5.97 Å². The van der Waals surface area contributed by atoms with Gasteiger partial charge in [0, 0.05) is 5.56 Å². The first kappa shape index (κ1) is 8.96. The zero-order valence-corrected chi connectivity index (χ0v) is 7.16. The van der Waals surface area contributed by atoms with Crippen LogP contribution in [0, 0.1) is 5.82 Å². The lowest BCUT2D eigenvalue weighted by Crippen LogP contribution is -2.10. The molecule has 14 heavy (non-hydrogen) atoms. The van der Waals surface area contributed by atoms with E-state index in [1.54, 1.807) is 0 Å². The Kier molecular flexibility index (Phi) is 1.89. The van der Waals surface area contributed by atoms with Gasteiger partial charge in [0.2, 0.25) is 0 Å². The molecule has 0 saturated carbocycles. The Labute approximate surface area is 79.1 Å². The molecule has 4 nitrogen and oxygen atoms in total. The van der Waals surface area contributed by atoms with E-state index in [4.69, 9.17) is 15.6 Å². The molecule has 0 aromatic heterocycles. The number of nitrogens with two attached hydrogens (primary N) is 1. The van der Waals surface area contributed by atoms with Gasteiger partial charge in [-0.1, -0.05) is 6.07 Å². The molecule has 1 aliphatic heterocycles. The van der Waals surface area contributed by atoms with Crippen molar-refractivity contribution in [1.82, 2.24) is 0 Å². The molecule has 0 saturated heterocycles. The van der Waals surface area contributed by atoms with Crippen LogP contribution in [-0.2, 0) is 0 Å². The SMILES string of the molecule is NC1COc2c1ccc(F)c2C(=O)O. The fourth-order valence-electron chi connectivity index (χ4n) is 1.48. The highest BCUT2D eigenvalue weighted by atomic mass is 19.1. The van der Waals surface area contributed by atoms with Gasteiger partial charge in [-0.15, -0.1) is 0 Å². The molecule has 1 aliphatic rings. The Hall–Kier alpha value is -1.62. The van der Waals surface area contributed by atoms with Crippen LogP contribution in [0.1, 0.15) is 22.0 Å². The normalized spacial score (nSPS) is 18.9. The fourth-order valence-corrected chi connectivity index (χ4v) is 1.48. The number of aromatic carboxylic acids is 1. The summed E-state index contributed by atoms with van der Waals surface area (Å²) in [7, 11) is 0. The zero-order valence-electron chi connectivity index (χ0n) is 7.16. The lowest BCUT2D eigenvalue weighted by molar-refractivity contribution is 0.0688. The summed E-state index contributed by atoms with van der Waals surface area (Å²) in [6.45, 7) is 0.194. The summed E-state index contributed by atoms with van der Waals surface area (Å²) < 4.78 is 18.2. The Morgan fingerprint density at radius 1 is 1.64 bits per heavy atom. The lowest BCUT2D eigenvalue weighted by Gasteiger charge is -2.04. The van der Waals surface area contributed by atoms with E-state index in [2.05, 4.69) is 0 Å². The van der Waals surface area contributed by atoms with Crippen molar-refractivity contribution in [3.05, 3.63) is 29.1 Å². The number of fused-ring (bicyclic) bond motifs is 1. The fraction of sp³-hybridized carbons (Fsp3) is 0.222. The summed E-state index contributed by atoms with van der Waals surface area (Å²) in [5.41, 5.74) is 5.74. The number of hydrogen-bond acceptors (Lipinski definition) is 3. The van der Waals surface area contributed by atoms with Crippen LogP contribution in [-0.4, -0.2) is 17.7 Å². The van der Waals surface area contributed by atoms with E-state index in [-0.39, 0.29) is 18.4 Å². The number of halogens is 1. The van der Waals surface area contributed by atoms with Crippen molar-refractivity contribution in [3.63, 3.8) is 0 Å². The number of ether oxygens (including phenoxy) is 1. The van der Waals surface area contributed by atoms with E-state index in [0.717, 1.165) is 6.07 Å². The van der Waals surface area contributed by atoms with Gasteiger partial charge in [0.1, 0.15) is 23.7 Å². The third-order valence-corrected chi connectivity index (χ3v) is 2.16. The molecule has 74 valence electrons. The standard InChI is InChI=1S/C9H8FNO3/c10-5-2-1-4-6(11)3-14-8(4)7(5)9(12)13/h1-2,6H,3,11H2,(H,12,13). The molecule has 1 heterocycles. The van der Waals surface area contributed by atoms with Crippen LogP contribution in [0.2, 0.25) is 0 Å². The molecule has 3 N–H and O–H groups in total. The maximum absolute atomic E-state index is 13.1. The predicted octanol–water partition coefficient (Wildman–Crippen LogP) is 0.916. The first-order valence-corrected chi connectivity index (χ1v) is 4.05. The first-order valence-electron chi connectivity index (χ1n) is 4.05. The molecule has 1 aromatic rings. The summed E-state index contributed by atoms with van der Waals surface area (Å²) in [6.07, 6.45) is 0. The summed E-state index contributed by atoms with van der Waals surface area (Å²) in [5, 5.41) is 8.76. The monoisotopic (exact) mass is 197 g/mol. The summed E-state index contributed by atoms with van der Waals surface area (Å²) in [5.74, 6) is -2.08. The Morgan fingerprint density at radius 2 is 2.36 bits per heavy atom. The van der Waals surface area contributed by atoms with Crippen LogP contribution in [0.4, 0.5) is 4.39 Å². The van der Waals surface area contributed by atoms with Gasteiger partial charge in [-0.3, -0.25) is 0 Å². The molecule has 0 spiro atoms. The molecule has 0 fully saturated rings. The predicted molar refractivity (Wildman–Crippen MR) is 45.8 cm³/mol. The minimum absolute atomic E-state index is 0.0602. The zero-order chi connectivity index (χ0) is 10.3. The minimum Gasteiger partial charge on any atom is -0.490 e. The summed E-state index contributed by atoms with van der Waals surface area (Å²) in [4.78, 5) is 10.7. The van der Waals surface area contributed by atoms with Gasteiger partial charge in [0.15, 0.2) is 0 Å². The third-order valence-electron chi connectivity index (χ3n) is 2.16. The van der Waals surface area contributed by atoms with Crippen molar-refractivity contribution in [1.29, 1.82) is 0 Å². The van der Waals surface area contributed by atoms with Gasteiger partial charge in [-0.2, -0.15) is 0 Å². The second-order valence-electron chi connectivity index (χ2n) is 3.06. The number of benzene rings is 1. The topological polar surface area (TPSA) is 72.5 Å². The average molecular weight is 197 g/mol. The average Bonchev–Trinajstić information content (AvgIpc) is 2.47. The molecule has 1 aromatic carbocycles. The molecule has 0 radical (unpaired) electrons. The van der Waals surface area contributed by atoms with E-state index in [1.807, 2.05) is 0 Å². The molecule has 0 bridgehead atoms. The number of carboxylic acid groups (broad SMARTS) is 1. The Bertz CT molecular complexity index is 405. The van der Waals surface area contributed by atoms with Crippen molar-refractivity contribution < 1.29 is 19.0 Å². The van der Waals surface area contributed by atoms with Gasteiger partial charge >= 0.3 is 5.97 Å². The van der Waals surface area contributed by atoms with Crippen LogP contribution in [0.25, 0.3) is 0 Å². The molecule has 1 atom stereocenters. The van der Waals surface area contributed by atoms with Crippen LogP contribution in [0.5, 0.6) is 5.75 Å². The largest absolute Gasteiger partial charge is 0.490 e.